The second-order valence-electron chi connectivity index (χ2n) is 8.78. The van der Waals surface area contributed by atoms with Gasteiger partial charge in [0, 0.05) is 32.2 Å². The number of fused-ring (bicyclic) bond motifs is 2. The molecule has 0 bridgehead atoms. The third-order valence-electron chi connectivity index (χ3n) is 6.80. The molecule has 2 fully saturated rings. The summed E-state index contributed by atoms with van der Waals surface area (Å²) >= 11 is 0. The van der Waals surface area contributed by atoms with Gasteiger partial charge in [-0.3, -0.25) is 13.7 Å². The van der Waals surface area contributed by atoms with E-state index >= 15 is 0 Å². The van der Waals surface area contributed by atoms with E-state index in [1.165, 1.54) is 12.1 Å². The Labute approximate surface area is 182 Å². The second kappa shape index (κ2) is 7.13. The molecule has 0 unspecified atom stereocenters. The van der Waals surface area contributed by atoms with E-state index in [1.807, 2.05) is 0 Å². The average Bonchev–Trinajstić information content (AvgIpc) is 3.26. The fraction of sp³-hybridized carbons (Fsp3) is 0.455. The maximum atomic E-state index is 14.0. The highest BCUT2D eigenvalue weighted by Gasteiger charge is 2.30. The minimum atomic E-state index is -0.360. The molecule has 2 aliphatic rings. The molecule has 0 atom stereocenters. The van der Waals surface area contributed by atoms with Crippen LogP contribution in [0, 0.1) is 5.82 Å². The molecule has 10 heteroatoms. The van der Waals surface area contributed by atoms with Crippen LogP contribution in [-0.2, 0) is 7.05 Å². The van der Waals surface area contributed by atoms with Gasteiger partial charge in [-0.05, 0) is 44.2 Å². The topological polar surface area (TPSA) is 94.0 Å². The summed E-state index contributed by atoms with van der Waals surface area (Å²) in [7, 11) is 1.76. The number of hydrogen-bond acceptors (Lipinski definition) is 6. The Morgan fingerprint density at radius 3 is 2.62 bits per heavy atom. The summed E-state index contributed by atoms with van der Waals surface area (Å²) in [4.78, 5) is 29.5. The normalized spacial score (nSPS) is 21.4. The molecule has 4 aromatic rings. The van der Waals surface area contributed by atoms with E-state index in [0.717, 1.165) is 32.4 Å². The Bertz CT molecular complexity index is 1390. The highest BCUT2D eigenvalue weighted by molar-refractivity contribution is 5.86. The summed E-state index contributed by atoms with van der Waals surface area (Å²) in [6, 6.07) is 4.39. The van der Waals surface area contributed by atoms with Gasteiger partial charge in [-0.15, -0.1) is 0 Å². The number of rotatable bonds is 3. The molecule has 166 valence electrons. The third kappa shape index (κ3) is 2.85. The largest absolute Gasteiger partial charge is 0.393 e. The molecule has 1 N–H and O–H groups in total. The summed E-state index contributed by atoms with van der Waals surface area (Å²) in [5.74, 6) is 0.715. The van der Waals surface area contributed by atoms with E-state index in [0.29, 0.717) is 46.8 Å². The highest BCUT2D eigenvalue weighted by atomic mass is 19.1. The van der Waals surface area contributed by atoms with Gasteiger partial charge in [0.1, 0.15) is 17.7 Å². The van der Waals surface area contributed by atoms with Crippen molar-refractivity contribution in [3.05, 3.63) is 40.8 Å². The van der Waals surface area contributed by atoms with Crippen molar-refractivity contribution >= 4 is 28.0 Å². The summed E-state index contributed by atoms with van der Waals surface area (Å²) in [6.07, 6.45) is 5.11. The maximum absolute atomic E-state index is 14.0. The van der Waals surface area contributed by atoms with E-state index in [-0.39, 0.29) is 23.7 Å². The standard InChI is InChI=1S/C22H24FN7O2/c1-27-18-19(28-9-2-10-28)25-21(29-12-24-16-8-3-13(23)11-17(16)29)26-20(18)30(22(27)32)14-4-6-15(31)7-5-14/h3,8,11-12,14-15,31H,2,4-7,9-10H2,1H3. The van der Waals surface area contributed by atoms with Crippen molar-refractivity contribution in [3.63, 3.8) is 0 Å². The molecule has 6 rings (SSSR count). The van der Waals surface area contributed by atoms with Crippen LogP contribution in [0.1, 0.15) is 38.1 Å². The number of aryl methyl sites for hydroxylation is 1. The van der Waals surface area contributed by atoms with Gasteiger partial charge in [0.2, 0.25) is 5.95 Å². The van der Waals surface area contributed by atoms with Gasteiger partial charge in [0.05, 0.1) is 17.1 Å². The highest BCUT2D eigenvalue weighted by Crippen LogP contribution is 2.33. The lowest BCUT2D eigenvalue weighted by atomic mass is 9.93. The van der Waals surface area contributed by atoms with Crippen molar-refractivity contribution in [2.75, 3.05) is 18.0 Å². The molecule has 0 spiro atoms. The fourth-order valence-electron chi connectivity index (χ4n) is 4.88. The zero-order valence-corrected chi connectivity index (χ0v) is 17.8. The Hall–Kier alpha value is -3.27. The monoisotopic (exact) mass is 437 g/mol. The molecule has 0 amide bonds. The second-order valence-corrected chi connectivity index (χ2v) is 8.78. The van der Waals surface area contributed by atoms with Crippen LogP contribution in [0.5, 0.6) is 0 Å². The number of halogens is 1. The van der Waals surface area contributed by atoms with Crippen LogP contribution in [-0.4, -0.2) is 53.0 Å². The first-order chi connectivity index (χ1) is 15.5. The van der Waals surface area contributed by atoms with Crippen LogP contribution in [0.4, 0.5) is 10.2 Å². The van der Waals surface area contributed by atoms with E-state index in [4.69, 9.17) is 9.97 Å². The molecule has 32 heavy (non-hydrogen) atoms. The first-order valence-corrected chi connectivity index (χ1v) is 11.1. The lowest BCUT2D eigenvalue weighted by molar-refractivity contribution is 0.110. The Morgan fingerprint density at radius 1 is 1.12 bits per heavy atom. The first kappa shape index (κ1) is 19.4. The summed E-state index contributed by atoms with van der Waals surface area (Å²) in [5.41, 5.74) is 2.37. The molecule has 1 aliphatic carbocycles. The van der Waals surface area contributed by atoms with E-state index in [2.05, 4.69) is 9.88 Å². The molecule has 1 saturated carbocycles. The van der Waals surface area contributed by atoms with Gasteiger partial charge < -0.3 is 10.0 Å². The molecule has 3 aromatic heterocycles. The summed E-state index contributed by atoms with van der Waals surface area (Å²) < 4.78 is 19.0. The molecule has 9 nitrogen and oxygen atoms in total. The van der Waals surface area contributed by atoms with E-state index < -0.39 is 0 Å². The predicted octanol–water partition coefficient (Wildman–Crippen LogP) is 2.29. The van der Waals surface area contributed by atoms with Crippen LogP contribution in [0.25, 0.3) is 28.1 Å². The van der Waals surface area contributed by atoms with Crippen molar-refractivity contribution in [2.45, 2.75) is 44.2 Å². The van der Waals surface area contributed by atoms with E-state index in [1.54, 1.807) is 33.1 Å². The molecule has 4 heterocycles. The number of hydrogen-bond donors (Lipinski definition) is 1. The number of aliphatic hydroxyl groups is 1. The smallest absolute Gasteiger partial charge is 0.330 e. The minimum absolute atomic E-state index is 0.0291. The van der Waals surface area contributed by atoms with Crippen LogP contribution >= 0.6 is 0 Å². The Morgan fingerprint density at radius 2 is 1.91 bits per heavy atom. The average molecular weight is 437 g/mol. The summed E-state index contributed by atoms with van der Waals surface area (Å²) in [6.45, 7) is 1.72. The van der Waals surface area contributed by atoms with Crippen LogP contribution in [0.15, 0.2) is 29.3 Å². The molecular formula is C22H24FN7O2. The van der Waals surface area contributed by atoms with Gasteiger partial charge in [0.15, 0.2) is 11.5 Å². The van der Waals surface area contributed by atoms with Crippen molar-refractivity contribution in [1.82, 2.24) is 28.7 Å². The molecule has 0 radical (unpaired) electrons. The Balaban J connectivity index is 1.61. The molecule has 1 aliphatic heterocycles. The number of aromatic nitrogens is 6. The number of benzene rings is 1. The van der Waals surface area contributed by atoms with E-state index in [9.17, 15) is 14.3 Å². The van der Waals surface area contributed by atoms with Gasteiger partial charge >= 0.3 is 5.69 Å². The SMILES string of the molecule is Cn1c(=O)n(C2CCC(O)CC2)c2nc(-n3cnc4ccc(F)cc43)nc(N3CCC3)c21. The number of aliphatic hydroxyl groups excluding tert-OH is 1. The van der Waals surface area contributed by atoms with Crippen LogP contribution < -0.4 is 10.6 Å². The van der Waals surface area contributed by atoms with Gasteiger partial charge in [-0.25, -0.2) is 14.2 Å². The molecule has 1 aromatic carbocycles. The van der Waals surface area contributed by atoms with Crippen molar-refractivity contribution in [1.29, 1.82) is 0 Å². The van der Waals surface area contributed by atoms with Gasteiger partial charge in [-0.2, -0.15) is 9.97 Å². The van der Waals surface area contributed by atoms with Crippen molar-refractivity contribution in [2.24, 2.45) is 7.05 Å². The van der Waals surface area contributed by atoms with Gasteiger partial charge in [-0.1, -0.05) is 0 Å². The fourth-order valence-corrected chi connectivity index (χ4v) is 4.88. The van der Waals surface area contributed by atoms with Crippen LogP contribution in [0.2, 0.25) is 0 Å². The van der Waals surface area contributed by atoms with Crippen molar-refractivity contribution in [3.8, 4) is 5.95 Å². The number of anilines is 1. The lowest BCUT2D eigenvalue weighted by Crippen LogP contribution is -2.38. The summed E-state index contributed by atoms with van der Waals surface area (Å²) in [5, 5.41) is 9.94. The zero-order chi connectivity index (χ0) is 22.0. The quantitative estimate of drug-likeness (QED) is 0.529. The number of imidazole rings is 2. The van der Waals surface area contributed by atoms with Gasteiger partial charge in [0.25, 0.3) is 0 Å². The predicted molar refractivity (Wildman–Crippen MR) is 118 cm³/mol. The molecule has 1 saturated heterocycles. The zero-order valence-electron chi connectivity index (χ0n) is 17.8. The van der Waals surface area contributed by atoms with Crippen molar-refractivity contribution < 1.29 is 9.50 Å². The maximum Gasteiger partial charge on any atom is 0.330 e. The minimum Gasteiger partial charge on any atom is -0.393 e. The lowest BCUT2D eigenvalue weighted by Gasteiger charge is -2.32. The third-order valence-corrected chi connectivity index (χ3v) is 6.80. The number of nitrogens with zero attached hydrogens (tertiary/aromatic N) is 7. The molecular weight excluding hydrogens is 413 g/mol. The Kier molecular flexibility index (Phi) is 4.32. The first-order valence-electron chi connectivity index (χ1n) is 11.1. The van der Waals surface area contributed by atoms with Crippen LogP contribution in [0.3, 0.4) is 0 Å².